The number of rotatable bonds is 18. The minimum Gasteiger partial charge on any atom is -0.466 e. The second-order valence-electron chi connectivity index (χ2n) is 13.1. The Morgan fingerprint density at radius 2 is 1.50 bits per heavy atom. The monoisotopic (exact) mass is 792 g/mol. The lowest BCUT2D eigenvalue weighted by atomic mass is 10.0. The van der Waals surface area contributed by atoms with E-state index in [4.69, 9.17) is 14.2 Å². The van der Waals surface area contributed by atoms with Crippen molar-refractivity contribution in [1.29, 1.82) is 0 Å². The van der Waals surface area contributed by atoms with Crippen LogP contribution in [0.25, 0.3) is 0 Å². The summed E-state index contributed by atoms with van der Waals surface area (Å²) in [5, 5.41) is 10.5. The fraction of sp³-hybridized carbons (Fsp3) is 0.375. The van der Waals surface area contributed by atoms with Crippen molar-refractivity contribution in [3.8, 4) is 0 Å². The van der Waals surface area contributed by atoms with Gasteiger partial charge in [-0.1, -0.05) is 60.7 Å². The summed E-state index contributed by atoms with van der Waals surface area (Å²) in [5.74, 6) is -4.87. The fourth-order valence-electron chi connectivity index (χ4n) is 5.08. The highest BCUT2D eigenvalue weighted by Crippen LogP contribution is 2.46. The maximum atomic E-state index is 14.0. The van der Waals surface area contributed by atoms with E-state index < -0.39 is 74.4 Å². The Labute approximate surface area is 326 Å². The molecule has 0 saturated heterocycles. The highest BCUT2D eigenvalue weighted by atomic mass is 32.2. The number of hydrogen-bond acceptors (Lipinski definition) is 11. The Hall–Kier alpha value is -5.99. The number of alkyl carbamates (subject to hydrolysis) is 1. The second-order valence-corrected chi connectivity index (χ2v) is 15.5. The van der Waals surface area contributed by atoms with E-state index in [-0.39, 0.29) is 31.9 Å². The van der Waals surface area contributed by atoms with Gasteiger partial charge in [-0.2, -0.15) is 0 Å². The van der Waals surface area contributed by atoms with Gasteiger partial charge in [0.25, 0.3) is 11.8 Å². The molecule has 0 spiro atoms. The first kappa shape index (κ1) is 44.4. The lowest BCUT2D eigenvalue weighted by Gasteiger charge is -2.23. The van der Waals surface area contributed by atoms with E-state index in [1.165, 1.54) is 19.9 Å². The largest absolute Gasteiger partial charge is 0.466 e. The van der Waals surface area contributed by atoms with Crippen LogP contribution in [0.2, 0.25) is 0 Å². The zero-order valence-corrected chi connectivity index (χ0v) is 32.9. The summed E-state index contributed by atoms with van der Waals surface area (Å²) in [5.41, 5.74) is 2.19. The van der Waals surface area contributed by atoms with Crippen LogP contribution in [0.15, 0.2) is 101 Å². The number of esters is 2. The number of hydrogen-bond donors (Lipinski definition) is 4. The third-order valence-corrected chi connectivity index (χ3v) is 10.1. The van der Waals surface area contributed by atoms with Gasteiger partial charge in [-0.15, -0.1) is 5.73 Å². The summed E-state index contributed by atoms with van der Waals surface area (Å²) in [6.45, 7) is 9.35. The van der Waals surface area contributed by atoms with Crippen molar-refractivity contribution in [2.45, 2.75) is 77.4 Å². The molecule has 1 aliphatic rings. The Balaban J connectivity index is 1.90. The molecule has 2 aromatic rings. The first-order valence-electron chi connectivity index (χ1n) is 17.9. The first-order chi connectivity index (χ1) is 26.5. The Bertz CT molecular complexity index is 1990. The van der Waals surface area contributed by atoms with Crippen molar-refractivity contribution < 1.29 is 51.4 Å². The number of carbonyl (C=O) groups is 6. The minimum absolute atomic E-state index is 0.0503. The zero-order valence-electron chi connectivity index (χ0n) is 32.1. The molecule has 0 radical (unpaired) electrons. The van der Waals surface area contributed by atoms with Crippen LogP contribution in [0.3, 0.4) is 0 Å². The molecule has 1 unspecified atom stereocenters. The summed E-state index contributed by atoms with van der Waals surface area (Å²) in [6, 6.07) is 13.9. The zero-order chi connectivity index (χ0) is 41.5. The highest BCUT2D eigenvalue weighted by Gasteiger charge is 2.59. The molecule has 1 saturated carbocycles. The molecule has 0 heterocycles. The molecule has 4 N–H and O–H groups in total. The molecular weight excluding hydrogens is 745 g/mol. The van der Waals surface area contributed by atoms with Crippen LogP contribution in [-0.4, -0.2) is 74.2 Å². The Kier molecular flexibility index (Phi) is 16.4. The molecule has 300 valence electrons. The average molecular weight is 793 g/mol. The molecule has 4 atom stereocenters. The van der Waals surface area contributed by atoms with E-state index in [2.05, 4.69) is 27.0 Å². The van der Waals surface area contributed by atoms with E-state index in [0.717, 1.165) is 17.6 Å². The SMILES string of the molecule is CCOC(=O)C=C=C[C@H](NC(=O)OCc1ccccc1)C(=O)N[C@H](C(=O)NC(C(=O)NC1(/C=C/S(=O)(=O)C(C)C)C[C@H]1C(=O)OCC)=C(C)C)c1ccccc1. The summed E-state index contributed by atoms with van der Waals surface area (Å²) in [7, 11) is -3.71. The van der Waals surface area contributed by atoms with Gasteiger partial charge in [0.1, 0.15) is 24.4 Å². The maximum Gasteiger partial charge on any atom is 0.408 e. The van der Waals surface area contributed by atoms with Gasteiger partial charge in [-0.25, -0.2) is 18.0 Å². The van der Waals surface area contributed by atoms with Gasteiger partial charge >= 0.3 is 18.0 Å². The van der Waals surface area contributed by atoms with Crippen LogP contribution < -0.4 is 21.3 Å². The van der Waals surface area contributed by atoms with Gasteiger partial charge in [0, 0.05) is 5.41 Å². The molecule has 2 aromatic carbocycles. The lowest BCUT2D eigenvalue weighted by Crippen LogP contribution is -2.50. The number of benzene rings is 2. The molecule has 16 heteroatoms. The Morgan fingerprint density at radius 1 is 0.875 bits per heavy atom. The smallest absolute Gasteiger partial charge is 0.408 e. The number of nitrogens with one attached hydrogen (secondary N) is 4. The standard InChI is InChI=1S/C40H48N4O11S/c1-7-53-32(45)21-15-20-31(41-39(50)55-25-28-16-11-9-12-17-28)35(46)43-34(29-18-13-10-14-19-29)36(47)42-33(26(3)4)37(48)44-40(22-23-56(51,52)27(5)6)24-30(40)38(49)54-8-2/h9-14,16-23,27,30-31,34H,7-8,24-25H2,1-6H3,(H,41,50)(H,42,47)(H,43,46)(H,44,48)/b23-22+/t15?,30-,31-,34-,40?/m0/s1. The predicted molar refractivity (Wildman–Crippen MR) is 205 cm³/mol. The molecule has 4 amide bonds. The third-order valence-electron chi connectivity index (χ3n) is 8.31. The van der Waals surface area contributed by atoms with Gasteiger partial charge in [0.05, 0.1) is 36.0 Å². The Morgan fingerprint density at radius 3 is 2.09 bits per heavy atom. The predicted octanol–water partition coefficient (Wildman–Crippen LogP) is 3.60. The number of ether oxygens (including phenoxy) is 3. The van der Waals surface area contributed by atoms with Crippen LogP contribution in [0.4, 0.5) is 4.79 Å². The fourth-order valence-corrected chi connectivity index (χ4v) is 5.83. The van der Waals surface area contributed by atoms with Crippen molar-refractivity contribution in [2.24, 2.45) is 5.92 Å². The molecular formula is C40H48N4O11S. The number of carbonyl (C=O) groups excluding carboxylic acids is 6. The van der Waals surface area contributed by atoms with Crippen LogP contribution in [0, 0.1) is 5.92 Å². The number of amides is 4. The van der Waals surface area contributed by atoms with Crippen molar-refractivity contribution >= 4 is 45.6 Å². The van der Waals surface area contributed by atoms with Gasteiger partial charge in [-0.3, -0.25) is 19.2 Å². The van der Waals surface area contributed by atoms with Gasteiger partial charge in [-0.05, 0) is 76.8 Å². The van der Waals surface area contributed by atoms with Crippen molar-refractivity contribution in [3.05, 3.63) is 112 Å². The van der Waals surface area contributed by atoms with Crippen LogP contribution in [0.1, 0.15) is 65.1 Å². The molecule has 0 aromatic heterocycles. The van der Waals surface area contributed by atoms with E-state index in [9.17, 15) is 37.2 Å². The van der Waals surface area contributed by atoms with Crippen molar-refractivity contribution in [2.75, 3.05) is 13.2 Å². The molecule has 0 aliphatic heterocycles. The second kappa shape index (κ2) is 20.6. The molecule has 1 fully saturated rings. The maximum absolute atomic E-state index is 14.0. The summed E-state index contributed by atoms with van der Waals surface area (Å²) in [4.78, 5) is 79.1. The van der Waals surface area contributed by atoms with Gasteiger partial charge in [0.2, 0.25) is 5.91 Å². The summed E-state index contributed by atoms with van der Waals surface area (Å²) in [6.07, 6.45) is 2.31. The molecule has 15 nitrogen and oxygen atoms in total. The lowest BCUT2D eigenvalue weighted by molar-refractivity contribution is -0.145. The normalized spacial score (nSPS) is 16.9. The van der Waals surface area contributed by atoms with Crippen LogP contribution >= 0.6 is 0 Å². The summed E-state index contributed by atoms with van der Waals surface area (Å²) < 4.78 is 40.5. The van der Waals surface area contributed by atoms with E-state index in [0.29, 0.717) is 16.7 Å². The molecule has 0 bridgehead atoms. The number of allylic oxidation sites excluding steroid dienone is 1. The van der Waals surface area contributed by atoms with Crippen LogP contribution in [0.5, 0.6) is 0 Å². The first-order valence-corrected chi connectivity index (χ1v) is 19.5. The molecule has 56 heavy (non-hydrogen) atoms. The van der Waals surface area contributed by atoms with Crippen LogP contribution in [-0.2, 0) is 54.6 Å². The average Bonchev–Trinajstić information content (AvgIpc) is 3.88. The highest BCUT2D eigenvalue weighted by molar-refractivity contribution is 7.94. The minimum atomic E-state index is -3.71. The van der Waals surface area contributed by atoms with Gasteiger partial charge in [0.15, 0.2) is 9.84 Å². The quantitative estimate of drug-likeness (QED) is 0.0741. The molecule has 1 aliphatic carbocycles. The third kappa shape index (κ3) is 13.1. The summed E-state index contributed by atoms with van der Waals surface area (Å²) >= 11 is 0. The van der Waals surface area contributed by atoms with E-state index in [1.807, 2.05) is 0 Å². The van der Waals surface area contributed by atoms with E-state index in [1.54, 1.807) is 88.4 Å². The van der Waals surface area contributed by atoms with Crippen molar-refractivity contribution in [3.63, 3.8) is 0 Å². The van der Waals surface area contributed by atoms with E-state index >= 15 is 0 Å². The van der Waals surface area contributed by atoms with Gasteiger partial charge < -0.3 is 35.5 Å². The van der Waals surface area contributed by atoms with Crippen molar-refractivity contribution in [1.82, 2.24) is 21.3 Å². The number of sulfone groups is 1. The molecule has 3 rings (SSSR count). The topological polar surface area (TPSA) is 212 Å².